The summed E-state index contributed by atoms with van der Waals surface area (Å²) in [7, 11) is 0. The fourth-order valence-corrected chi connectivity index (χ4v) is 4.42. The van der Waals surface area contributed by atoms with E-state index in [2.05, 4.69) is 28.2 Å². The summed E-state index contributed by atoms with van der Waals surface area (Å²) in [4.78, 5) is 28.8. The van der Waals surface area contributed by atoms with Crippen LogP contribution in [-0.2, 0) is 29.0 Å². The van der Waals surface area contributed by atoms with Gasteiger partial charge in [-0.25, -0.2) is 0 Å². The normalized spacial score (nSPS) is 12.4. The van der Waals surface area contributed by atoms with Gasteiger partial charge < -0.3 is 15.0 Å². The number of ether oxygens (including phenoxy) is 1. The molecule has 2 amide bonds. The SMILES string of the molecule is CCc1ccc(OCC(=O)N(Cc2ccccc2)[C@H](Cc2ccccc2)C(=O)N[C@H](C)CC)c(Br)c1. The van der Waals surface area contributed by atoms with Gasteiger partial charge in [0.25, 0.3) is 5.91 Å². The minimum Gasteiger partial charge on any atom is -0.483 e. The highest BCUT2D eigenvalue weighted by molar-refractivity contribution is 9.10. The summed E-state index contributed by atoms with van der Waals surface area (Å²) < 4.78 is 6.73. The van der Waals surface area contributed by atoms with Crippen molar-refractivity contribution in [3.8, 4) is 5.75 Å². The summed E-state index contributed by atoms with van der Waals surface area (Å²) in [6, 6.07) is 24.7. The molecule has 0 saturated carbocycles. The van der Waals surface area contributed by atoms with Crippen molar-refractivity contribution in [3.05, 3.63) is 100 Å². The maximum absolute atomic E-state index is 13.7. The van der Waals surface area contributed by atoms with E-state index in [1.54, 1.807) is 4.90 Å². The first-order valence-electron chi connectivity index (χ1n) is 12.5. The van der Waals surface area contributed by atoms with Gasteiger partial charge in [0.2, 0.25) is 5.91 Å². The first-order valence-corrected chi connectivity index (χ1v) is 13.3. The molecule has 36 heavy (non-hydrogen) atoms. The summed E-state index contributed by atoms with van der Waals surface area (Å²) in [6.07, 6.45) is 2.13. The highest BCUT2D eigenvalue weighted by Gasteiger charge is 2.31. The molecule has 1 N–H and O–H groups in total. The molecule has 0 spiro atoms. The summed E-state index contributed by atoms with van der Waals surface area (Å²) in [6.45, 7) is 6.23. The Hall–Kier alpha value is -3.12. The highest BCUT2D eigenvalue weighted by atomic mass is 79.9. The van der Waals surface area contributed by atoms with Crippen LogP contribution in [0.25, 0.3) is 0 Å². The summed E-state index contributed by atoms with van der Waals surface area (Å²) in [5.74, 6) is 0.195. The third-order valence-electron chi connectivity index (χ3n) is 6.22. The Kier molecular flexibility index (Phi) is 10.6. The smallest absolute Gasteiger partial charge is 0.261 e. The van der Waals surface area contributed by atoms with Crippen molar-refractivity contribution in [1.82, 2.24) is 10.2 Å². The van der Waals surface area contributed by atoms with Gasteiger partial charge in [-0.3, -0.25) is 9.59 Å². The molecule has 3 aromatic carbocycles. The molecule has 0 aliphatic rings. The lowest BCUT2D eigenvalue weighted by atomic mass is 10.0. The second kappa shape index (κ2) is 13.8. The minimum absolute atomic E-state index is 0.00809. The highest BCUT2D eigenvalue weighted by Crippen LogP contribution is 2.26. The Balaban J connectivity index is 1.89. The van der Waals surface area contributed by atoms with Crippen LogP contribution in [0.4, 0.5) is 0 Å². The van der Waals surface area contributed by atoms with E-state index in [1.807, 2.05) is 92.7 Å². The maximum Gasteiger partial charge on any atom is 0.261 e. The molecule has 0 aromatic heterocycles. The van der Waals surface area contributed by atoms with Gasteiger partial charge in [-0.2, -0.15) is 0 Å². The van der Waals surface area contributed by atoms with Crippen LogP contribution in [0.3, 0.4) is 0 Å². The molecule has 0 aliphatic heterocycles. The molecule has 2 atom stereocenters. The molecule has 3 aromatic rings. The van der Waals surface area contributed by atoms with Crippen molar-refractivity contribution in [2.45, 2.75) is 58.7 Å². The standard InChI is InChI=1S/C30H35BrN2O3/c1-4-22(3)32-30(35)27(19-24-12-8-6-9-13-24)33(20-25-14-10-7-11-15-25)29(34)21-36-28-17-16-23(5-2)18-26(28)31/h6-18,22,27H,4-5,19-21H2,1-3H3,(H,32,35)/t22-,27-/m1/s1. The number of hydrogen-bond acceptors (Lipinski definition) is 3. The zero-order valence-electron chi connectivity index (χ0n) is 21.2. The Bertz CT molecular complexity index is 1120. The number of carbonyl (C=O) groups excluding carboxylic acids is 2. The molecule has 3 rings (SSSR count). The van der Waals surface area contributed by atoms with Crippen LogP contribution >= 0.6 is 15.9 Å². The average molecular weight is 552 g/mol. The molecule has 0 aliphatic carbocycles. The van der Waals surface area contributed by atoms with E-state index < -0.39 is 6.04 Å². The van der Waals surface area contributed by atoms with E-state index in [4.69, 9.17) is 4.74 Å². The third kappa shape index (κ3) is 7.95. The molecule has 0 saturated heterocycles. The second-order valence-corrected chi connectivity index (χ2v) is 9.79. The van der Waals surface area contributed by atoms with E-state index in [0.717, 1.165) is 28.4 Å². The number of halogens is 1. The topological polar surface area (TPSA) is 58.6 Å². The van der Waals surface area contributed by atoms with Gasteiger partial charge in [-0.05, 0) is 64.5 Å². The monoisotopic (exact) mass is 550 g/mol. The predicted octanol–water partition coefficient (Wildman–Crippen LogP) is 5.95. The van der Waals surface area contributed by atoms with Crippen LogP contribution in [0.1, 0.15) is 43.9 Å². The van der Waals surface area contributed by atoms with E-state index in [0.29, 0.717) is 18.7 Å². The maximum atomic E-state index is 13.7. The molecule has 0 unspecified atom stereocenters. The van der Waals surface area contributed by atoms with Crippen molar-refractivity contribution in [2.24, 2.45) is 0 Å². The van der Waals surface area contributed by atoms with Crippen molar-refractivity contribution in [1.29, 1.82) is 0 Å². The van der Waals surface area contributed by atoms with Crippen molar-refractivity contribution < 1.29 is 14.3 Å². The Labute approximate surface area is 223 Å². The molecule has 0 fully saturated rings. The molecule has 5 nitrogen and oxygen atoms in total. The van der Waals surface area contributed by atoms with Crippen molar-refractivity contribution in [3.63, 3.8) is 0 Å². The van der Waals surface area contributed by atoms with E-state index >= 15 is 0 Å². The molecule has 6 heteroatoms. The van der Waals surface area contributed by atoms with Crippen LogP contribution in [0.5, 0.6) is 5.75 Å². The number of carbonyl (C=O) groups is 2. The Morgan fingerprint density at radius 1 is 0.917 bits per heavy atom. The van der Waals surface area contributed by atoms with Gasteiger partial charge in [0, 0.05) is 19.0 Å². The fraction of sp³-hybridized carbons (Fsp3) is 0.333. The summed E-state index contributed by atoms with van der Waals surface area (Å²) in [5.41, 5.74) is 3.12. The van der Waals surface area contributed by atoms with Gasteiger partial charge in [0.1, 0.15) is 11.8 Å². The minimum atomic E-state index is -0.677. The zero-order chi connectivity index (χ0) is 25.9. The van der Waals surface area contributed by atoms with Crippen LogP contribution < -0.4 is 10.1 Å². The van der Waals surface area contributed by atoms with E-state index in [-0.39, 0.29) is 24.5 Å². The van der Waals surface area contributed by atoms with E-state index in [1.165, 1.54) is 5.56 Å². The molecule has 0 heterocycles. The van der Waals surface area contributed by atoms with Crippen LogP contribution in [0, 0.1) is 0 Å². The van der Waals surface area contributed by atoms with Crippen molar-refractivity contribution in [2.75, 3.05) is 6.61 Å². The lowest BCUT2D eigenvalue weighted by Crippen LogP contribution is -2.53. The third-order valence-corrected chi connectivity index (χ3v) is 6.84. The van der Waals surface area contributed by atoms with Gasteiger partial charge >= 0.3 is 0 Å². The quantitative estimate of drug-likeness (QED) is 0.303. The summed E-state index contributed by atoms with van der Waals surface area (Å²) in [5, 5.41) is 3.09. The first-order chi connectivity index (χ1) is 17.4. The number of hydrogen-bond donors (Lipinski definition) is 1. The molecule has 190 valence electrons. The average Bonchev–Trinajstić information content (AvgIpc) is 2.90. The van der Waals surface area contributed by atoms with Gasteiger partial charge in [-0.15, -0.1) is 0 Å². The van der Waals surface area contributed by atoms with Crippen molar-refractivity contribution >= 4 is 27.7 Å². The Morgan fingerprint density at radius 2 is 1.56 bits per heavy atom. The first kappa shape index (κ1) is 27.5. The van der Waals surface area contributed by atoms with Crippen LogP contribution in [0.2, 0.25) is 0 Å². The molecular weight excluding hydrogens is 516 g/mol. The lowest BCUT2D eigenvalue weighted by molar-refractivity contribution is -0.143. The lowest BCUT2D eigenvalue weighted by Gasteiger charge is -2.32. The zero-order valence-corrected chi connectivity index (χ0v) is 22.8. The predicted molar refractivity (Wildman–Crippen MR) is 148 cm³/mol. The number of nitrogens with zero attached hydrogens (tertiary/aromatic N) is 1. The van der Waals surface area contributed by atoms with Gasteiger partial charge in [0.15, 0.2) is 6.61 Å². The largest absolute Gasteiger partial charge is 0.483 e. The molecule has 0 radical (unpaired) electrons. The number of aryl methyl sites for hydroxylation is 1. The van der Waals surface area contributed by atoms with Gasteiger partial charge in [-0.1, -0.05) is 80.6 Å². The Morgan fingerprint density at radius 3 is 2.14 bits per heavy atom. The van der Waals surface area contributed by atoms with E-state index in [9.17, 15) is 9.59 Å². The number of rotatable bonds is 12. The fourth-order valence-electron chi connectivity index (χ4n) is 3.88. The molecule has 0 bridgehead atoms. The number of benzene rings is 3. The van der Waals surface area contributed by atoms with Crippen LogP contribution in [0.15, 0.2) is 83.3 Å². The number of nitrogens with one attached hydrogen (secondary N) is 1. The van der Waals surface area contributed by atoms with Gasteiger partial charge in [0.05, 0.1) is 4.47 Å². The molecular formula is C30H35BrN2O3. The second-order valence-electron chi connectivity index (χ2n) is 8.94. The summed E-state index contributed by atoms with van der Waals surface area (Å²) >= 11 is 3.55. The number of amides is 2. The van der Waals surface area contributed by atoms with Crippen LogP contribution in [-0.4, -0.2) is 35.4 Å².